The van der Waals surface area contributed by atoms with E-state index in [0.29, 0.717) is 0 Å². The molecule has 0 radical (unpaired) electrons. The van der Waals surface area contributed by atoms with Crippen LogP contribution in [-0.2, 0) is 0 Å². The van der Waals surface area contributed by atoms with E-state index in [1.807, 2.05) is 6.07 Å². The molecule has 2 rings (SSSR count). The average Bonchev–Trinajstić information content (AvgIpc) is 2.36. The first-order valence-corrected chi connectivity index (χ1v) is 9.34. The smallest absolute Gasteiger partial charge is 0.0857 e. The summed E-state index contributed by atoms with van der Waals surface area (Å²) in [5, 5.41) is -0.185. The van der Waals surface area contributed by atoms with Gasteiger partial charge in [0.15, 0.2) is 0 Å². The second-order valence-corrected chi connectivity index (χ2v) is 8.37. The van der Waals surface area contributed by atoms with E-state index in [2.05, 4.69) is 102 Å². The van der Waals surface area contributed by atoms with Crippen molar-refractivity contribution in [3.05, 3.63) is 64.0 Å². The summed E-state index contributed by atoms with van der Waals surface area (Å²) in [4.78, 5) is 0. The van der Waals surface area contributed by atoms with Gasteiger partial charge in [0.05, 0.1) is 5.38 Å². The second-order valence-electron chi connectivity index (χ2n) is 4.15. The average molecular weight is 579 g/mol. The van der Waals surface area contributed by atoms with Crippen molar-refractivity contribution in [2.45, 2.75) is 12.3 Å². The molecule has 0 saturated heterocycles. The summed E-state index contributed by atoms with van der Waals surface area (Å²) in [5.41, 5.74) is 3.35. The molecule has 19 heavy (non-hydrogen) atoms. The Morgan fingerprint density at radius 1 is 1.00 bits per heavy atom. The summed E-state index contributed by atoms with van der Waals surface area (Å²) in [6, 6.07) is 10.3. The molecule has 1 unspecified atom stereocenters. The lowest BCUT2D eigenvalue weighted by Gasteiger charge is -2.16. The zero-order chi connectivity index (χ0) is 14.2. The molecule has 0 saturated carbocycles. The molecule has 0 spiro atoms. The molecule has 0 heterocycles. The Bertz CT molecular complexity index is 628. The van der Waals surface area contributed by atoms with Gasteiger partial charge in [-0.1, -0.05) is 47.8 Å². The van der Waals surface area contributed by atoms with Crippen LogP contribution in [0, 0.1) is 10.5 Å². The maximum Gasteiger partial charge on any atom is 0.0857 e. The molecule has 1 atom stereocenters. The molecule has 0 aliphatic rings. The first kappa shape index (κ1) is 16.3. The molecule has 100 valence electrons. The van der Waals surface area contributed by atoms with Gasteiger partial charge in [0.2, 0.25) is 0 Å². The monoisotopic (exact) mass is 576 g/mol. The second kappa shape index (κ2) is 6.77. The Labute approximate surface area is 156 Å². The van der Waals surface area contributed by atoms with E-state index in [9.17, 15) is 0 Å². The van der Waals surface area contributed by atoms with Gasteiger partial charge in [-0.25, -0.2) is 0 Å². The highest BCUT2D eigenvalue weighted by atomic mass is 127. The van der Waals surface area contributed by atoms with Crippen LogP contribution in [0.1, 0.15) is 22.1 Å². The van der Waals surface area contributed by atoms with Gasteiger partial charge in [0.1, 0.15) is 0 Å². The van der Waals surface area contributed by atoms with Gasteiger partial charge < -0.3 is 0 Å². The maximum absolute atomic E-state index is 6.66. The van der Waals surface area contributed by atoms with Gasteiger partial charge in [0, 0.05) is 17.0 Å². The molecule has 2 aromatic carbocycles. The zero-order valence-corrected chi connectivity index (χ0v) is 17.5. The summed E-state index contributed by atoms with van der Waals surface area (Å²) in [6.07, 6.45) is 0. The molecule has 5 heteroatoms. The van der Waals surface area contributed by atoms with Crippen LogP contribution in [0.4, 0.5) is 0 Å². The van der Waals surface area contributed by atoms with Gasteiger partial charge in [-0.2, -0.15) is 0 Å². The lowest BCUT2D eigenvalue weighted by atomic mass is 10.0. The lowest BCUT2D eigenvalue weighted by molar-refractivity contribution is 1.10. The third kappa shape index (κ3) is 3.76. The van der Waals surface area contributed by atoms with Crippen molar-refractivity contribution >= 4 is 82.0 Å². The predicted molar refractivity (Wildman–Crippen MR) is 101 cm³/mol. The number of alkyl halides is 1. The van der Waals surface area contributed by atoms with Crippen molar-refractivity contribution in [2.24, 2.45) is 0 Å². The molecular formula is C14H9Br3ClI. The summed E-state index contributed by atoms with van der Waals surface area (Å²) in [7, 11) is 0. The van der Waals surface area contributed by atoms with E-state index in [4.69, 9.17) is 11.6 Å². The van der Waals surface area contributed by atoms with Crippen LogP contribution in [0.3, 0.4) is 0 Å². The molecule has 2 aromatic rings. The third-order valence-electron chi connectivity index (χ3n) is 2.78. The van der Waals surface area contributed by atoms with Crippen molar-refractivity contribution in [1.82, 2.24) is 0 Å². The van der Waals surface area contributed by atoms with Crippen LogP contribution in [0.2, 0.25) is 0 Å². The molecule has 0 bridgehead atoms. The van der Waals surface area contributed by atoms with Crippen molar-refractivity contribution in [2.75, 3.05) is 0 Å². The van der Waals surface area contributed by atoms with Gasteiger partial charge in [-0.05, 0) is 76.5 Å². The summed E-state index contributed by atoms with van der Waals surface area (Å²) < 4.78 is 4.30. The highest BCUT2D eigenvalue weighted by molar-refractivity contribution is 14.1. The van der Waals surface area contributed by atoms with Crippen molar-refractivity contribution < 1.29 is 0 Å². The van der Waals surface area contributed by atoms with Crippen LogP contribution < -0.4 is 0 Å². The van der Waals surface area contributed by atoms with Gasteiger partial charge in [-0.3, -0.25) is 0 Å². The standard InChI is InChI=1S/C14H9Br3ClI/c1-7-4-12(17)9(6-11(7)16)14(18)10-5-8(15)2-3-13(10)19/h2-6,14H,1H3. The zero-order valence-electron chi connectivity index (χ0n) is 9.85. The van der Waals surface area contributed by atoms with Gasteiger partial charge in [0.25, 0.3) is 0 Å². The summed E-state index contributed by atoms with van der Waals surface area (Å²) in [6.45, 7) is 2.06. The molecular weight excluding hydrogens is 570 g/mol. The topological polar surface area (TPSA) is 0 Å². The minimum atomic E-state index is -0.185. The summed E-state index contributed by atoms with van der Waals surface area (Å²) in [5.74, 6) is 0. The van der Waals surface area contributed by atoms with E-state index in [-0.39, 0.29) is 5.38 Å². The predicted octanol–water partition coefficient (Wildman–Crippen LogP) is 7.22. The largest absolute Gasteiger partial charge is 0.113 e. The SMILES string of the molecule is Cc1cc(Br)c(C(Cl)c2cc(Br)ccc2I)cc1Br. The third-order valence-corrected chi connectivity index (χ3v) is 6.27. The summed E-state index contributed by atoms with van der Waals surface area (Å²) >= 11 is 19.6. The van der Waals surface area contributed by atoms with Crippen LogP contribution in [0.15, 0.2) is 43.7 Å². The molecule has 0 amide bonds. The minimum Gasteiger partial charge on any atom is -0.113 e. The molecule has 0 fully saturated rings. The normalized spacial score (nSPS) is 12.5. The fourth-order valence-electron chi connectivity index (χ4n) is 1.73. The Kier molecular flexibility index (Phi) is 5.80. The first-order valence-electron chi connectivity index (χ1n) is 5.44. The van der Waals surface area contributed by atoms with E-state index in [1.54, 1.807) is 0 Å². The molecule has 0 aromatic heterocycles. The Balaban J connectivity index is 2.52. The highest BCUT2D eigenvalue weighted by Gasteiger charge is 2.18. The van der Waals surface area contributed by atoms with E-state index in [1.165, 1.54) is 5.56 Å². The number of benzene rings is 2. The lowest BCUT2D eigenvalue weighted by Crippen LogP contribution is -1.98. The maximum atomic E-state index is 6.66. The number of rotatable bonds is 2. The Morgan fingerprint density at radius 2 is 1.68 bits per heavy atom. The highest BCUT2D eigenvalue weighted by Crippen LogP contribution is 2.39. The van der Waals surface area contributed by atoms with E-state index < -0.39 is 0 Å². The van der Waals surface area contributed by atoms with Crippen molar-refractivity contribution in [1.29, 1.82) is 0 Å². The molecule has 0 aliphatic heterocycles. The molecule has 0 nitrogen and oxygen atoms in total. The van der Waals surface area contributed by atoms with Crippen molar-refractivity contribution in [3.8, 4) is 0 Å². The van der Waals surface area contributed by atoms with Crippen LogP contribution in [0.25, 0.3) is 0 Å². The van der Waals surface area contributed by atoms with Gasteiger partial charge >= 0.3 is 0 Å². The molecule has 0 aliphatic carbocycles. The minimum absolute atomic E-state index is 0.185. The van der Waals surface area contributed by atoms with E-state index in [0.717, 1.165) is 28.1 Å². The Morgan fingerprint density at radius 3 is 2.37 bits per heavy atom. The number of hydrogen-bond donors (Lipinski definition) is 0. The van der Waals surface area contributed by atoms with Crippen LogP contribution in [-0.4, -0.2) is 0 Å². The fourth-order valence-corrected chi connectivity index (χ4v) is 4.48. The van der Waals surface area contributed by atoms with Gasteiger partial charge in [-0.15, -0.1) is 11.6 Å². The number of hydrogen-bond acceptors (Lipinski definition) is 0. The number of halogens is 5. The first-order chi connectivity index (χ1) is 8.90. The van der Waals surface area contributed by atoms with Crippen LogP contribution in [0.5, 0.6) is 0 Å². The Hall–Kier alpha value is 0.900. The van der Waals surface area contributed by atoms with E-state index >= 15 is 0 Å². The number of aryl methyl sites for hydroxylation is 1. The van der Waals surface area contributed by atoms with Crippen molar-refractivity contribution in [3.63, 3.8) is 0 Å². The molecule has 0 N–H and O–H groups in total. The quantitative estimate of drug-likeness (QED) is 0.261. The van der Waals surface area contributed by atoms with Crippen LogP contribution >= 0.6 is 82.0 Å². The fraction of sp³-hybridized carbons (Fsp3) is 0.143.